The summed E-state index contributed by atoms with van der Waals surface area (Å²) in [5.41, 5.74) is 1.98. The molecule has 0 aliphatic carbocycles. The summed E-state index contributed by atoms with van der Waals surface area (Å²) in [5, 5.41) is 12.7. The lowest BCUT2D eigenvalue weighted by molar-refractivity contribution is 0.194. The van der Waals surface area contributed by atoms with Gasteiger partial charge in [0, 0.05) is 23.7 Å². The molecule has 2 rings (SSSR count). The molecule has 0 amide bonds. The first-order valence-electron chi connectivity index (χ1n) is 6.07. The molecule has 0 fully saturated rings. The fourth-order valence-electron chi connectivity index (χ4n) is 2.08. The van der Waals surface area contributed by atoms with E-state index in [1.165, 1.54) is 6.07 Å². The van der Waals surface area contributed by atoms with Crippen LogP contribution in [0.3, 0.4) is 0 Å². The van der Waals surface area contributed by atoms with Crippen LogP contribution in [0, 0.1) is 12.7 Å². The molecule has 1 heterocycles. The summed E-state index contributed by atoms with van der Waals surface area (Å²) in [4.78, 5) is 6.30. The summed E-state index contributed by atoms with van der Waals surface area (Å²) in [6, 6.07) is 4.83. The lowest BCUT2D eigenvalue weighted by atomic mass is 10.1. The second-order valence-electron chi connectivity index (χ2n) is 4.56. The second kappa shape index (κ2) is 5.67. The molecular formula is C14H17FN2OS. The molecule has 2 aromatic rings. The van der Waals surface area contributed by atoms with E-state index in [2.05, 4.69) is 4.98 Å². The molecule has 0 aliphatic heterocycles. The zero-order chi connectivity index (χ0) is 14.0. The molecule has 102 valence electrons. The van der Waals surface area contributed by atoms with Gasteiger partial charge in [0.05, 0.1) is 23.4 Å². The summed E-state index contributed by atoms with van der Waals surface area (Å²) in [6.07, 6.45) is -0.837. The zero-order valence-electron chi connectivity index (χ0n) is 11.2. The van der Waals surface area contributed by atoms with Gasteiger partial charge in [0.1, 0.15) is 5.82 Å². The number of hydrogen-bond acceptors (Lipinski definition) is 4. The van der Waals surface area contributed by atoms with E-state index in [0.717, 1.165) is 10.7 Å². The maximum atomic E-state index is 13.8. The molecule has 1 aromatic carbocycles. The van der Waals surface area contributed by atoms with E-state index in [1.807, 2.05) is 30.3 Å². The van der Waals surface area contributed by atoms with Gasteiger partial charge in [0.2, 0.25) is 0 Å². The van der Waals surface area contributed by atoms with Crippen molar-refractivity contribution in [2.45, 2.75) is 26.5 Å². The number of aryl methyl sites for hydroxylation is 1. The lowest BCUT2D eigenvalue weighted by Gasteiger charge is -2.23. The topological polar surface area (TPSA) is 36.4 Å². The number of rotatable bonds is 4. The van der Waals surface area contributed by atoms with Crippen LogP contribution in [0.2, 0.25) is 0 Å². The van der Waals surface area contributed by atoms with Gasteiger partial charge in [-0.15, -0.1) is 11.3 Å². The standard InChI is InChI=1S/C14H17FN2OS/c1-9(18)14-12(15)5-4-6-13(14)17(3)7-11-8-19-10(2)16-11/h4-6,8-9,18H,7H2,1-3H3. The van der Waals surface area contributed by atoms with Crippen molar-refractivity contribution >= 4 is 17.0 Å². The van der Waals surface area contributed by atoms with Crippen molar-refractivity contribution in [3.63, 3.8) is 0 Å². The van der Waals surface area contributed by atoms with Crippen LogP contribution in [0.25, 0.3) is 0 Å². The molecular weight excluding hydrogens is 263 g/mol. The van der Waals surface area contributed by atoms with Gasteiger partial charge in [0.15, 0.2) is 0 Å². The summed E-state index contributed by atoms with van der Waals surface area (Å²) in [7, 11) is 1.87. The number of aromatic nitrogens is 1. The SMILES string of the molecule is Cc1nc(CN(C)c2cccc(F)c2C(C)O)cs1. The third kappa shape index (κ3) is 3.11. The van der Waals surface area contributed by atoms with Gasteiger partial charge < -0.3 is 10.0 Å². The first-order valence-corrected chi connectivity index (χ1v) is 6.95. The number of benzene rings is 1. The molecule has 5 heteroatoms. The van der Waals surface area contributed by atoms with Crippen LogP contribution in [0.4, 0.5) is 10.1 Å². The molecule has 0 saturated heterocycles. The summed E-state index contributed by atoms with van der Waals surface area (Å²) >= 11 is 1.59. The minimum Gasteiger partial charge on any atom is -0.389 e. The Morgan fingerprint density at radius 3 is 2.79 bits per heavy atom. The Hall–Kier alpha value is -1.46. The van der Waals surface area contributed by atoms with Crippen LogP contribution in [0.1, 0.15) is 29.3 Å². The number of aliphatic hydroxyl groups is 1. The van der Waals surface area contributed by atoms with Crippen LogP contribution in [0.15, 0.2) is 23.6 Å². The number of nitrogens with zero attached hydrogens (tertiary/aromatic N) is 2. The fourth-order valence-corrected chi connectivity index (χ4v) is 2.68. The van der Waals surface area contributed by atoms with Crippen molar-refractivity contribution in [2.24, 2.45) is 0 Å². The second-order valence-corrected chi connectivity index (χ2v) is 5.62. The Morgan fingerprint density at radius 2 is 2.21 bits per heavy atom. The van der Waals surface area contributed by atoms with Crippen LogP contribution >= 0.6 is 11.3 Å². The van der Waals surface area contributed by atoms with Crippen LogP contribution < -0.4 is 4.90 Å². The van der Waals surface area contributed by atoms with Gasteiger partial charge in [0.25, 0.3) is 0 Å². The highest BCUT2D eigenvalue weighted by atomic mass is 32.1. The largest absolute Gasteiger partial charge is 0.389 e. The summed E-state index contributed by atoms with van der Waals surface area (Å²) in [6.45, 7) is 4.12. The average molecular weight is 280 g/mol. The number of thiazole rings is 1. The number of aliphatic hydroxyl groups excluding tert-OH is 1. The lowest BCUT2D eigenvalue weighted by Crippen LogP contribution is -2.19. The molecule has 0 radical (unpaired) electrons. The van der Waals surface area contributed by atoms with E-state index in [0.29, 0.717) is 17.8 Å². The molecule has 19 heavy (non-hydrogen) atoms. The monoisotopic (exact) mass is 280 g/mol. The number of anilines is 1. The first-order chi connectivity index (χ1) is 8.99. The fraction of sp³-hybridized carbons (Fsp3) is 0.357. The van der Waals surface area contributed by atoms with E-state index in [-0.39, 0.29) is 5.82 Å². The molecule has 0 saturated carbocycles. The Bertz CT molecular complexity index is 568. The Morgan fingerprint density at radius 1 is 1.47 bits per heavy atom. The van der Waals surface area contributed by atoms with Crippen molar-refractivity contribution in [1.82, 2.24) is 4.98 Å². The van der Waals surface area contributed by atoms with Crippen molar-refractivity contribution in [3.8, 4) is 0 Å². The predicted octanol–water partition coefficient (Wildman–Crippen LogP) is 3.28. The maximum Gasteiger partial charge on any atom is 0.131 e. The maximum absolute atomic E-state index is 13.8. The van der Waals surface area contributed by atoms with Gasteiger partial charge in [-0.2, -0.15) is 0 Å². The third-order valence-corrected chi connectivity index (χ3v) is 3.75. The van der Waals surface area contributed by atoms with Crippen molar-refractivity contribution < 1.29 is 9.50 Å². The van der Waals surface area contributed by atoms with Gasteiger partial charge in [-0.05, 0) is 26.0 Å². The minimum atomic E-state index is -0.837. The molecule has 0 aliphatic rings. The van der Waals surface area contributed by atoms with E-state index in [1.54, 1.807) is 24.3 Å². The highest BCUT2D eigenvalue weighted by molar-refractivity contribution is 7.09. The van der Waals surface area contributed by atoms with E-state index in [9.17, 15) is 9.50 Å². The quantitative estimate of drug-likeness (QED) is 0.933. The van der Waals surface area contributed by atoms with Crippen LogP contribution in [0.5, 0.6) is 0 Å². The van der Waals surface area contributed by atoms with E-state index < -0.39 is 6.10 Å². The van der Waals surface area contributed by atoms with Gasteiger partial charge >= 0.3 is 0 Å². The minimum absolute atomic E-state index is 0.331. The van der Waals surface area contributed by atoms with E-state index >= 15 is 0 Å². The summed E-state index contributed by atoms with van der Waals surface area (Å²) < 4.78 is 13.8. The molecule has 0 spiro atoms. The molecule has 1 N–H and O–H groups in total. The van der Waals surface area contributed by atoms with Gasteiger partial charge in [-0.1, -0.05) is 6.07 Å². The molecule has 1 atom stereocenters. The van der Waals surface area contributed by atoms with Crippen molar-refractivity contribution in [2.75, 3.05) is 11.9 Å². The first kappa shape index (κ1) is 14.0. The average Bonchev–Trinajstić information content (AvgIpc) is 2.73. The van der Waals surface area contributed by atoms with E-state index in [4.69, 9.17) is 0 Å². The van der Waals surface area contributed by atoms with Gasteiger partial charge in [-0.25, -0.2) is 9.37 Å². The van der Waals surface area contributed by atoms with Crippen molar-refractivity contribution in [3.05, 3.63) is 45.7 Å². The molecule has 1 unspecified atom stereocenters. The highest BCUT2D eigenvalue weighted by Gasteiger charge is 2.16. The van der Waals surface area contributed by atoms with Gasteiger partial charge in [-0.3, -0.25) is 0 Å². The molecule has 0 bridgehead atoms. The normalized spacial score (nSPS) is 12.5. The molecule has 1 aromatic heterocycles. The zero-order valence-corrected chi connectivity index (χ0v) is 12.0. The van der Waals surface area contributed by atoms with Crippen LogP contribution in [-0.2, 0) is 6.54 Å². The summed E-state index contributed by atoms with van der Waals surface area (Å²) in [5.74, 6) is -0.381. The molecule has 3 nitrogen and oxygen atoms in total. The predicted molar refractivity (Wildman–Crippen MR) is 76.0 cm³/mol. The Labute approximate surface area is 116 Å². The number of halogens is 1. The highest BCUT2D eigenvalue weighted by Crippen LogP contribution is 2.29. The third-order valence-electron chi connectivity index (χ3n) is 2.92. The Balaban J connectivity index is 2.28. The Kier molecular flexibility index (Phi) is 4.17. The van der Waals surface area contributed by atoms with Crippen molar-refractivity contribution in [1.29, 1.82) is 0 Å². The smallest absolute Gasteiger partial charge is 0.131 e. The number of hydrogen-bond donors (Lipinski definition) is 1. The van der Waals surface area contributed by atoms with Crippen LogP contribution in [-0.4, -0.2) is 17.1 Å².